The van der Waals surface area contributed by atoms with Crippen LogP contribution in [0.1, 0.15) is 38.1 Å². The fourth-order valence-corrected chi connectivity index (χ4v) is 4.22. The summed E-state index contributed by atoms with van der Waals surface area (Å²) < 4.78 is 4.63. The molecule has 186 valence electrons. The molecule has 0 radical (unpaired) electrons. The van der Waals surface area contributed by atoms with Gasteiger partial charge in [-0.25, -0.2) is 14.6 Å². The van der Waals surface area contributed by atoms with Crippen molar-refractivity contribution in [1.82, 2.24) is 30.2 Å². The van der Waals surface area contributed by atoms with E-state index < -0.39 is 11.8 Å². The number of aromatic nitrogens is 6. The van der Waals surface area contributed by atoms with Gasteiger partial charge in [0.25, 0.3) is 11.1 Å². The van der Waals surface area contributed by atoms with Crippen molar-refractivity contribution < 1.29 is 14.2 Å². The molecular weight excluding hydrogens is 496 g/mol. The van der Waals surface area contributed by atoms with E-state index in [9.17, 15) is 19.2 Å². The summed E-state index contributed by atoms with van der Waals surface area (Å²) in [5.41, 5.74) is 0.732. The van der Waals surface area contributed by atoms with Gasteiger partial charge in [0, 0.05) is 23.5 Å². The van der Waals surface area contributed by atoms with Crippen molar-refractivity contribution in [3.8, 4) is 0 Å². The Labute approximate surface area is 207 Å². The molecule has 0 bridgehead atoms. The third-order valence-corrected chi connectivity index (χ3v) is 5.99. The maximum absolute atomic E-state index is 12.3. The van der Waals surface area contributed by atoms with E-state index in [-0.39, 0.29) is 34.3 Å². The van der Waals surface area contributed by atoms with Crippen molar-refractivity contribution in [3.63, 3.8) is 0 Å². The van der Waals surface area contributed by atoms with Gasteiger partial charge >= 0.3 is 0 Å². The fraction of sp³-hybridized carbons (Fsp3) is 0.400. The highest BCUT2D eigenvalue weighted by molar-refractivity contribution is 8.00. The number of aromatic amines is 2. The van der Waals surface area contributed by atoms with Crippen molar-refractivity contribution in [1.29, 1.82) is 0 Å². The molecule has 2 amide bonds. The average molecular weight is 521 g/mol. The highest BCUT2D eigenvalue weighted by Gasteiger charge is 2.17. The minimum atomic E-state index is -0.464. The second kappa shape index (κ2) is 12.9. The molecule has 3 heterocycles. The number of H-pyrrole nitrogens is 2. The van der Waals surface area contributed by atoms with Crippen LogP contribution in [0.4, 0.5) is 11.6 Å². The van der Waals surface area contributed by atoms with Gasteiger partial charge in [0.15, 0.2) is 10.3 Å². The molecule has 0 aromatic carbocycles. The van der Waals surface area contributed by atoms with E-state index in [2.05, 4.69) is 45.5 Å². The average Bonchev–Trinajstić information content (AvgIpc) is 3.22. The number of hydrogen-bond acceptors (Lipinski definition) is 11. The molecule has 3 aromatic rings. The number of carbonyl (C=O) groups excluding carboxylic acids is 2. The highest BCUT2D eigenvalue weighted by Crippen LogP contribution is 2.19. The maximum Gasteiger partial charge on any atom is 0.251 e. The van der Waals surface area contributed by atoms with E-state index in [1.807, 2.05) is 13.8 Å². The summed E-state index contributed by atoms with van der Waals surface area (Å²) in [6.45, 7) is 3.96. The van der Waals surface area contributed by atoms with Crippen molar-refractivity contribution in [2.45, 2.75) is 49.8 Å². The Balaban J connectivity index is 1.52. The normalized spacial score (nSPS) is 10.8. The Hall–Kier alpha value is -3.46. The quantitative estimate of drug-likeness (QED) is 0.200. The van der Waals surface area contributed by atoms with E-state index >= 15 is 0 Å². The number of hydrogen-bond donors (Lipinski definition) is 4. The Morgan fingerprint density at radius 3 is 1.66 bits per heavy atom. The van der Waals surface area contributed by atoms with Crippen LogP contribution in [0.5, 0.6) is 0 Å². The summed E-state index contributed by atoms with van der Waals surface area (Å²) in [7, 11) is 0. The summed E-state index contributed by atoms with van der Waals surface area (Å²) in [6, 6.07) is 2.86. The van der Waals surface area contributed by atoms with Crippen molar-refractivity contribution in [3.05, 3.63) is 44.2 Å². The zero-order valence-corrected chi connectivity index (χ0v) is 20.7. The lowest BCUT2D eigenvalue weighted by Gasteiger charge is -2.06. The van der Waals surface area contributed by atoms with Gasteiger partial charge < -0.3 is 20.6 Å². The molecule has 0 aliphatic heterocycles. The Bertz CT molecular complexity index is 1190. The third kappa shape index (κ3) is 8.36. The van der Waals surface area contributed by atoms with Crippen LogP contribution in [0, 0.1) is 0 Å². The van der Waals surface area contributed by atoms with Crippen LogP contribution in [-0.4, -0.2) is 53.6 Å². The third-order valence-electron chi connectivity index (χ3n) is 4.24. The summed E-state index contributed by atoms with van der Waals surface area (Å²) in [5.74, 6) is -1.19. The Morgan fingerprint density at radius 1 is 0.829 bits per heavy atom. The van der Waals surface area contributed by atoms with Crippen LogP contribution in [-0.2, 0) is 22.4 Å². The number of amides is 2. The van der Waals surface area contributed by atoms with Gasteiger partial charge in [0.05, 0.1) is 11.5 Å². The summed E-state index contributed by atoms with van der Waals surface area (Å²) in [5, 5.41) is 12.8. The van der Waals surface area contributed by atoms with E-state index in [0.29, 0.717) is 34.5 Å². The molecular formula is C20H24N8O5S2. The zero-order chi connectivity index (χ0) is 25.2. The Morgan fingerprint density at radius 2 is 1.26 bits per heavy atom. The highest BCUT2D eigenvalue weighted by atomic mass is 32.2. The van der Waals surface area contributed by atoms with E-state index in [1.165, 1.54) is 12.1 Å². The molecule has 0 fully saturated rings. The predicted octanol–water partition coefficient (Wildman–Crippen LogP) is 1.60. The number of aryl methyl sites for hydroxylation is 2. The van der Waals surface area contributed by atoms with Crippen LogP contribution in [0.3, 0.4) is 0 Å². The number of nitrogens with one attached hydrogen (secondary N) is 4. The molecule has 0 aliphatic carbocycles. The second-order valence-corrected chi connectivity index (χ2v) is 9.15. The monoisotopic (exact) mass is 520 g/mol. The van der Waals surface area contributed by atoms with E-state index in [4.69, 9.17) is 0 Å². The lowest BCUT2D eigenvalue weighted by atomic mass is 10.2. The molecule has 0 atom stereocenters. The van der Waals surface area contributed by atoms with Gasteiger partial charge in [-0.3, -0.25) is 19.2 Å². The molecule has 13 nitrogen and oxygen atoms in total. The molecule has 3 rings (SSSR count). The summed E-state index contributed by atoms with van der Waals surface area (Å²) in [6.07, 6.45) is 3.00. The first kappa shape index (κ1) is 26.2. The van der Waals surface area contributed by atoms with E-state index in [0.717, 1.165) is 36.4 Å². The van der Waals surface area contributed by atoms with Gasteiger partial charge in [0.2, 0.25) is 23.5 Å². The first-order chi connectivity index (χ1) is 16.9. The number of carbonyl (C=O) groups is 2. The second-order valence-electron chi connectivity index (χ2n) is 7.22. The molecule has 15 heteroatoms. The molecule has 0 saturated carbocycles. The molecule has 0 spiro atoms. The van der Waals surface area contributed by atoms with Crippen molar-refractivity contribution in [2.24, 2.45) is 0 Å². The minimum Gasteiger partial charge on any atom is -0.304 e. The number of anilines is 2. The fourth-order valence-electron chi connectivity index (χ4n) is 2.83. The molecule has 35 heavy (non-hydrogen) atoms. The van der Waals surface area contributed by atoms with Crippen LogP contribution >= 0.6 is 23.5 Å². The lowest BCUT2D eigenvalue weighted by Crippen LogP contribution is -2.19. The minimum absolute atomic E-state index is 0.0633. The van der Waals surface area contributed by atoms with Gasteiger partial charge in [-0.1, -0.05) is 50.2 Å². The lowest BCUT2D eigenvalue weighted by molar-refractivity contribution is -0.114. The van der Waals surface area contributed by atoms with Gasteiger partial charge in [-0.2, -0.15) is 0 Å². The summed E-state index contributed by atoms with van der Waals surface area (Å²) in [4.78, 5) is 61.9. The number of rotatable bonds is 12. The first-order valence-electron chi connectivity index (χ1n) is 10.7. The van der Waals surface area contributed by atoms with Gasteiger partial charge in [-0.05, 0) is 23.2 Å². The van der Waals surface area contributed by atoms with Crippen LogP contribution < -0.4 is 21.8 Å². The topological polar surface area (TPSA) is 189 Å². The predicted molar refractivity (Wildman–Crippen MR) is 131 cm³/mol. The molecule has 0 aliphatic rings. The molecule has 3 aromatic heterocycles. The first-order valence-corrected chi connectivity index (χ1v) is 12.7. The Kier molecular flexibility index (Phi) is 9.60. The van der Waals surface area contributed by atoms with E-state index in [1.54, 1.807) is 0 Å². The largest absolute Gasteiger partial charge is 0.304 e. The van der Waals surface area contributed by atoms with Crippen molar-refractivity contribution in [2.75, 3.05) is 22.1 Å². The van der Waals surface area contributed by atoms with Crippen LogP contribution in [0.15, 0.2) is 36.7 Å². The van der Waals surface area contributed by atoms with Gasteiger partial charge in [-0.15, -0.1) is 0 Å². The maximum atomic E-state index is 12.3. The SMILES string of the molecule is CCCc1cc(=O)[nH]c(SCC(=O)Nc2nonc2NC(=O)CSc2nc(CCC)cc(=O)[nH]2)n1. The van der Waals surface area contributed by atoms with Gasteiger partial charge in [0.1, 0.15) is 0 Å². The smallest absolute Gasteiger partial charge is 0.251 e. The summed E-state index contributed by atoms with van der Waals surface area (Å²) >= 11 is 2.10. The molecule has 0 saturated heterocycles. The molecule has 4 N–H and O–H groups in total. The van der Waals surface area contributed by atoms with Crippen molar-refractivity contribution >= 4 is 47.0 Å². The number of thioether (sulfide) groups is 2. The standard InChI is InChI=1S/C20H24N8O5S2/c1-3-5-11-7-13(29)25-19(21-11)34-9-15(31)23-17-18(28-33-27-17)24-16(32)10-35-20-22-12(6-4-2)8-14(30)26-20/h7-8H,3-6,9-10H2,1-2H3,(H,21,25,29)(H,22,26,30)(H,23,27,31)(H,24,28,32). The zero-order valence-electron chi connectivity index (χ0n) is 19.0. The molecule has 0 unspecified atom stereocenters. The van der Waals surface area contributed by atoms with Crippen LogP contribution in [0.2, 0.25) is 0 Å². The van der Waals surface area contributed by atoms with Crippen LogP contribution in [0.25, 0.3) is 0 Å². The number of nitrogens with zero attached hydrogens (tertiary/aromatic N) is 4.